The second kappa shape index (κ2) is 8.81. The number of aromatic nitrogens is 1. The lowest BCUT2D eigenvalue weighted by Gasteiger charge is -2.35. The molecule has 1 atom stereocenters. The van der Waals surface area contributed by atoms with Crippen LogP contribution in [0, 0.1) is 5.92 Å². The number of piperidine rings is 1. The van der Waals surface area contributed by atoms with Gasteiger partial charge in [0.25, 0.3) is 11.8 Å². The number of nitrogens with zero attached hydrogens (tertiary/aromatic N) is 2. The van der Waals surface area contributed by atoms with Gasteiger partial charge >= 0.3 is 0 Å². The molecule has 1 N–H and O–H groups in total. The summed E-state index contributed by atoms with van der Waals surface area (Å²) in [6.07, 6.45) is 8.27. The maximum Gasteiger partial charge on any atom is 0.255 e. The molecular formula is C19H29N3O2. The molecule has 5 heteroatoms. The van der Waals surface area contributed by atoms with Crippen molar-refractivity contribution in [2.45, 2.75) is 58.9 Å². The first-order chi connectivity index (χ1) is 11.5. The maximum absolute atomic E-state index is 12.8. The Bertz CT molecular complexity index is 571. The Hall–Kier alpha value is -1.91. The van der Waals surface area contributed by atoms with Crippen molar-refractivity contribution in [3.8, 4) is 0 Å². The van der Waals surface area contributed by atoms with Gasteiger partial charge in [0, 0.05) is 31.5 Å². The van der Waals surface area contributed by atoms with Gasteiger partial charge in [-0.1, -0.05) is 20.8 Å². The van der Waals surface area contributed by atoms with Gasteiger partial charge in [-0.15, -0.1) is 0 Å². The highest BCUT2D eigenvalue weighted by molar-refractivity contribution is 5.99. The molecule has 2 amide bonds. The molecule has 0 saturated carbocycles. The number of nitrogens with one attached hydrogen (secondary N) is 1. The summed E-state index contributed by atoms with van der Waals surface area (Å²) in [6, 6.07) is 1.97. The molecule has 1 aromatic rings. The van der Waals surface area contributed by atoms with Crippen LogP contribution in [0.1, 0.15) is 73.6 Å². The minimum absolute atomic E-state index is 0.00844. The van der Waals surface area contributed by atoms with Gasteiger partial charge in [0.05, 0.1) is 11.1 Å². The van der Waals surface area contributed by atoms with Crippen molar-refractivity contribution in [2.24, 2.45) is 5.92 Å². The van der Waals surface area contributed by atoms with Crippen LogP contribution in [0.15, 0.2) is 18.5 Å². The standard InChI is InChI=1S/C19H29N3O2/c1-4-17-7-5-6-10-22(17)19(24)16-11-15(12-20-13-16)18(23)21-9-8-14(2)3/h11-14,17H,4-10H2,1-3H3,(H,21,23). The minimum atomic E-state index is -0.163. The second-order valence-electron chi connectivity index (χ2n) is 6.96. The van der Waals surface area contributed by atoms with Crippen LogP contribution in [0.4, 0.5) is 0 Å². The summed E-state index contributed by atoms with van der Waals surface area (Å²) in [4.78, 5) is 31.1. The van der Waals surface area contributed by atoms with E-state index < -0.39 is 0 Å². The Kier molecular flexibility index (Phi) is 6.76. The van der Waals surface area contributed by atoms with E-state index in [0.717, 1.165) is 32.2 Å². The highest BCUT2D eigenvalue weighted by Gasteiger charge is 2.26. The van der Waals surface area contributed by atoms with Crippen LogP contribution in [-0.2, 0) is 0 Å². The van der Waals surface area contributed by atoms with Crippen LogP contribution in [-0.4, -0.2) is 40.8 Å². The molecule has 0 radical (unpaired) electrons. The minimum Gasteiger partial charge on any atom is -0.352 e. The van der Waals surface area contributed by atoms with Gasteiger partial charge in [-0.25, -0.2) is 0 Å². The molecule has 0 aliphatic carbocycles. The quantitative estimate of drug-likeness (QED) is 0.870. The number of pyridine rings is 1. The summed E-state index contributed by atoms with van der Waals surface area (Å²) in [5.74, 6) is 0.371. The second-order valence-corrected chi connectivity index (χ2v) is 6.96. The van der Waals surface area contributed by atoms with Crippen molar-refractivity contribution in [1.82, 2.24) is 15.2 Å². The van der Waals surface area contributed by atoms with Gasteiger partial charge in [-0.05, 0) is 44.1 Å². The van der Waals surface area contributed by atoms with Crippen molar-refractivity contribution in [3.05, 3.63) is 29.6 Å². The van der Waals surface area contributed by atoms with E-state index in [1.807, 2.05) is 4.90 Å². The first-order valence-corrected chi connectivity index (χ1v) is 9.07. The highest BCUT2D eigenvalue weighted by atomic mass is 16.2. The van der Waals surface area contributed by atoms with Gasteiger partial charge in [-0.3, -0.25) is 14.6 Å². The van der Waals surface area contributed by atoms with Crippen LogP contribution in [0.3, 0.4) is 0 Å². The van der Waals surface area contributed by atoms with E-state index >= 15 is 0 Å². The zero-order chi connectivity index (χ0) is 17.5. The molecule has 132 valence electrons. The number of hydrogen-bond donors (Lipinski definition) is 1. The van der Waals surface area contributed by atoms with Crippen molar-refractivity contribution in [1.29, 1.82) is 0 Å². The number of carbonyl (C=O) groups is 2. The average Bonchev–Trinajstić information content (AvgIpc) is 2.60. The Labute approximate surface area is 144 Å². The summed E-state index contributed by atoms with van der Waals surface area (Å²) < 4.78 is 0. The Morgan fingerprint density at radius 2 is 2.04 bits per heavy atom. The lowest BCUT2D eigenvalue weighted by atomic mass is 9.99. The van der Waals surface area contributed by atoms with Gasteiger partial charge in [0.1, 0.15) is 0 Å². The fraction of sp³-hybridized carbons (Fsp3) is 0.632. The SMILES string of the molecule is CCC1CCCCN1C(=O)c1cncc(C(=O)NCCC(C)C)c1. The average molecular weight is 331 g/mol. The number of amides is 2. The molecule has 2 rings (SSSR count). The summed E-state index contributed by atoms with van der Waals surface area (Å²) in [6.45, 7) is 7.79. The summed E-state index contributed by atoms with van der Waals surface area (Å²) >= 11 is 0. The third-order valence-corrected chi connectivity index (χ3v) is 4.61. The number of rotatable bonds is 6. The van der Waals surface area contributed by atoms with Gasteiger partial charge < -0.3 is 10.2 Å². The molecule has 1 aromatic heterocycles. The van der Waals surface area contributed by atoms with E-state index in [-0.39, 0.29) is 11.8 Å². The van der Waals surface area contributed by atoms with Crippen molar-refractivity contribution in [2.75, 3.05) is 13.1 Å². The third kappa shape index (κ3) is 4.79. The lowest BCUT2D eigenvalue weighted by molar-refractivity contribution is 0.0607. The molecule has 2 heterocycles. The largest absolute Gasteiger partial charge is 0.352 e. The molecule has 1 unspecified atom stereocenters. The van der Waals surface area contributed by atoms with Crippen LogP contribution >= 0.6 is 0 Å². The zero-order valence-electron chi connectivity index (χ0n) is 15.0. The van der Waals surface area contributed by atoms with Crippen LogP contribution in [0.2, 0.25) is 0 Å². The van der Waals surface area contributed by atoms with E-state index in [1.54, 1.807) is 12.3 Å². The Morgan fingerprint density at radius 1 is 1.29 bits per heavy atom. The highest BCUT2D eigenvalue weighted by Crippen LogP contribution is 2.21. The molecular weight excluding hydrogens is 302 g/mol. The molecule has 0 aromatic carbocycles. The first kappa shape index (κ1) is 18.4. The number of hydrogen-bond acceptors (Lipinski definition) is 3. The number of carbonyl (C=O) groups excluding carboxylic acids is 2. The zero-order valence-corrected chi connectivity index (χ0v) is 15.0. The fourth-order valence-corrected chi connectivity index (χ4v) is 3.12. The van der Waals surface area contributed by atoms with Crippen molar-refractivity contribution in [3.63, 3.8) is 0 Å². The molecule has 0 spiro atoms. The molecule has 0 bridgehead atoms. The molecule has 1 aliphatic heterocycles. The predicted octanol–water partition coefficient (Wildman–Crippen LogP) is 3.26. The topological polar surface area (TPSA) is 62.3 Å². The van der Waals surface area contributed by atoms with E-state index in [1.165, 1.54) is 12.6 Å². The van der Waals surface area contributed by atoms with E-state index in [2.05, 4.69) is 31.1 Å². The molecule has 24 heavy (non-hydrogen) atoms. The smallest absolute Gasteiger partial charge is 0.255 e. The van der Waals surface area contributed by atoms with Gasteiger partial charge in [-0.2, -0.15) is 0 Å². The van der Waals surface area contributed by atoms with Crippen LogP contribution < -0.4 is 5.32 Å². The van der Waals surface area contributed by atoms with Crippen molar-refractivity contribution < 1.29 is 9.59 Å². The van der Waals surface area contributed by atoms with E-state index in [0.29, 0.717) is 29.6 Å². The third-order valence-electron chi connectivity index (χ3n) is 4.61. The maximum atomic E-state index is 12.8. The first-order valence-electron chi connectivity index (χ1n) is 9.07. The Balaban J connectivity index is 2.06. The summed E-state index contributed by atoms with van der Waals surface area (Å²) in [5.41, 5.74) is 0.960. The van der Waals surface area contributed by atoms with Gasteiger partial charge in [0.2, 0.25) is 0 Å². The van der Waals surface area contributed by atoms with Crippen LogP contribution in [0.5, 0.6) is 0 Å². The lowest BCUT2D eigenvalue weighted by Crippen LogP contribution is -2.43. The summed E-state index contributed by atoms with van der Waals surface area (Å²) in [7, 11) is 0. The Morgan fingerprint density at radius 3 is 2.75 bits per heavy atom. The van der Waals surface area contributed by atoms with Crippen molar-refractivity contribution >= 4 is 11.8 Å². The monoisotopic (exact) mass is 331 g/mol. The van der Waals surface area contributed by atoms with E-state index in [4.69, 9.17) is 0 Å². The van der Waals surface area contributed by atoms with E-state index in [9.17, 15) is 9.59 Å². The molecule has 1 fully saturated rings. The molecule has 1 aliphatic rings. The fourth-order valence-electron chi connectivity index (χ4n) is 3.12. The molecule has 1 saturated heterocycles. The molecule has 5 nitrogen and oxygen atoms in total. The summed E-state index contributed by atoms with van der Waals surface area (Å²) in [5, 5.41) is 2.89. The normalized spacial score (nSPS) is 17.8. The van der Waals surface area contributed by atoms with Gasteiger partial charge in [0.15, 0.2) is 0 Å². The number of likely N-dealkylation sites (tertiary alicyclic amines) is 1. The predicted molar refractivity (Wildman–Crippen MR) is 95.0 cm³/mol. The van der Waals surface area contributed by atoms with Crippen LogP contribution in [0.25, 0.3) is 0 Å².